The summed E-state index contributed by atoms with van der Waals surface area (Å²) in [6.45, 7) is 5.46. The van der Waals surface area contributed by atoms with Crippen LogP contribution in [0.25, 0.3) is 0 Å². The lowest BCUT2D eigenvalue weighted by atomic mass is 10.00. The Labute approximate surface area is 124 Å². The van der Waals surface area contributed by atoms with E-state index in [2.05, 4.69) is 5.32 Å². The van der Waals surface area contributed by atoms with Gasteiger partial charge in [-0.15, -0.1) is 0 Å². The van der Waals surface area contributed by atoms with Crippen molar-refractivity contribution in [3.8, 4) is 0 Å². The fourth-order valence-corrected chi connectivity index (χ4v) is 1.93. The Hall–Kier alpha value is -2.08. The normalized spacial score (nSPS) is 14.1. The van der Waals surface area contributed by atoms with Crippen LogP contribution in [-0.2, 0) is 19.1 Å². The van der Waals surface area contributed by atoms with E-state index in [9.17, 15) is 9.59 Å². The topological polar surface area (TPSA) is 90.6 Å². The number of benzene rings is 1. The van der Waals surface area contributed by atoms with Crippen LogP contribution >= 0.6 is 0 Å². The number of carbonyl (C=O) groups is 2. The minimum absolute atomic E-state index is 0.524. The van der Waals surface area contributed by atoms with Crippen molar-refractivity contribution in [2.24, 2.45) is 0 Å². The van der Waals surface area contributed by atoms with Crippen molar-refractivity contribution in [3.05, 3.63) is 29.8 Å². The van der Waals surface area contributed by atoms with E-state index >= 15 is 0 Å². The van der Waals surface area contributed by atoms with Gasteiger partial charge in [0.2, 0.25) is 6.41 Å². The fourth-order valence-electron chi connectivity index (χ4n) is 1.93. The molecule has 0 aliphatic carbocycles. The van der Waals surface area contributed by atoms with Crippen LogP contribution in [0, 0.1) is 0 Å². The fraction of sp³-hybridized carbons (Fsp3) is 0.467. The Morgan fingerprint density at radius 3 is 2.52 bits per heavy atom. The summed E-state index contributed by atoms with van der Waals surface area (Å²) in [6, 6.07) is 6.23. The van der Waals surface area contributed by atoms with Gasteiger partial charge in [-0.05, 0) is 38.5 Å². The molecule has 6 nitrogen and oxygen atoms in total. The molecular formula is C15H22N2O4. The van der Waals surface area contributed by atoms with Gasteiger partial charge < -0.3 is 20.5 Å². The Balaban J connectivity index is 3.18. The van der Waals surface area contributed by atoms with Crippen molar-refractivity contribution >= 4 is 18.1 Å². The minimum Gasteiger partial charge on any atom is -0.467 e. The number of ether oxygens (including phenoxy) is 2. The first-order chi connectivity index (χ1) is 9.78. The van der Waals surface area contributed by atoms with Crippen molar-refractivity contribution in [1.29, 1.82) is 0 Å². The molecule has 1 amide bonds. The molecular weight excluding hydrogens is 272 g/mol. The Morgan fingerprint density at radius 2 is 2.05 bits per heavy atom. The summed E-state index contributed by atoms with van der Waals surface area (Å²) in [6.07, 6.45) is -0.447. The third kappa shape index (κ3) is 5.07. The minimum atomic E-state index is -0.970. The van der Waals surface area contributed by atoms with Crippen LogP contribution in [0.3, 0.4) is 0 Å². The SMILES string of the molecule is COC(=O)C(OC(C)(C)C)C(NC=O)c1cccc(N)c1. The number of nitrogen functional groups attached to an aromatic ring is 1. The molecule has 0 spiro atoms. The van der Waals surface area contributed by atoms with Crippen molar-refractivity contribution in [2.45, 2.75) is 38.5 Å². The van der Waals surface area contributed by atoms with Crippen molar-refractivity contribution in [1.82, 2.24) is 5.32 Å². The molecule has 0 saturated carbocycles. The number of carbonyl (C=O) groups excluding carboxylic acids is 2. The van der Waals surface area contributed by atoms with E-state index in [-0.39, 0.29) is 0 Å². The van der Waals surface area contributed by atoms with Gasteiger partial charge in [-0.2, -0.15) is 0 Å². The third-order valence-electron chi connectivity index (χ3n) is 2.73. The maximum Gasteiger partial charge on any atom is 0.337 e. The predicted octanol–water partition coefficient (Wildman–Crippen LogP) is 1.41. The standard InChI is InChI=1S/C15H22N2O4/c1-15(2,3)21-13(14(19)20-4)12(17-9-18)10-6-5-7-11(16)8-10/h5-9,12-13H,16H2,1-4H3,(H,17,18). The summed E-state index contributed by atoms with van der Waals surface area (Å²) in [5.74, 6) is -0.563. The molecule has 0 aliphatic heterocycles. The van der Waals surface area contributed by atoms with Crippen LogP contribution in [0.4, 0.5) is 5.69 Å². The predicted molar refractivity (Wildman–Crippen MR) is 79.4 cm³/mol. The Bertz CT molecular complexity index is 497. The molecule has 0 bridgehead atoms. The monoisotopic (exact) mass is 294 g/mol. The number of esters is 1. The van der Waals surface area contributed by atoms with Crippen LogP contribution in [0.1, 0.15) is 32.4 Å². The Kier molecular flexibility index (Phi) is 5.72. The summed E-state index contributed by atoms with van der Waals surface area (Å²) in [4.78, 5) is 22.9. The molecule has 21 heavy (non-hydrogen) atoms. The number of rotatable bonds is 6. The average molecular weight is 294 g/mol. The summed E-state index contributed by atoms with van der Waals surface area (Å²) in [7, 11) is 1.28. The molecule has 0 heterocycles. The summed E-state index contributed by atoms with van der Waals surface area (Å²) in [5.41, 5.74) is 6.37. The van der Waals surface area contributed by atoms with Crippen LogP contribution in [-0.4, -0.2) is 31.2 Å². The van der Waals surface area contributed by atoms with Gasteiger partial charge in [-0.1, -0.05) is 12.1 Å². The van der Waals surface area contributed by atoms with Crippen LogP contribution in [0.5, 0.6) is 0 Å². The van der Waals surface area contributed by atoms with Crippen molar-refractivity contribution < 1.29 is 19.1 Å². The Morgan fingerprint density at radius 1 is 1.38 bits per heavy atom. The van der Waals surface area contributed by atoms with Gasteiger partial charge in [0.1, 0.15) is 0 Å². The number of nitrogens with two attached hydrogens (primary N) is 1. The first-order valence-electron chi connectivity index (χ1n) is 6.59. The van der Waals surface area contributed by atoms with E-state index in [0.717, 1.165) is 0 Å². The zero-order valence-corrected chi connectivity index (χ0v) is 12.8. The highest BCUT2D eigenvalue weighted by molar-refractivity contribution is 5.76. The summed E-state index contributed by atoms with van der Waals surface area (Å²) >= 11 is 0. The maximum atomic E-state index is 12.0. The van der Waals surface area contributed by atoms with Gasteiger partial charge in [-0.25, -0.2) is 4.79 Å². The second-order valence-electron chi connectivity index (χ2n) is 5.61. The first-order valence-corrected chi connectivity index (χ1v) is 6.59. The van der Waals surface area contributed by atoms with Gasteiger partial charge >= 0.3 is 5.97 Å². The van der Waals surface area contributed by atoms with E-state index in [1.807, 2.05) is 20.8 Å². The van der Waals surface area contributed by atoms with Crippen LogP contribution in [0.15, 0.2) is 24.3 Å². The quantitative estimate of drug-likeness (QED) is 0.470. The molecule has 2 atom stereocenters. The van der Waals surface area contributed by atoms with E-state index < -0.39 is 23.7 Å². The van der Waals surface area contributed by atoms with E-state index in [4.69, 9.17) is 15.2 Å². The van der Waals surface area contributed by atoms with E-state index in [1.54, 1.807) is 24.3 Å². The van der Waals surface area contributed by atoms with Gasteiger partial charge in [0.25, 0.3) is 0 Å². The second kappa shape index (κ2) is 7.08. The number of hydrogen-bond donors (Lipinski definition) is 2. The summed E-state index contributed by atoms with van der Waals surface area (Å²) < 4.78 is 10.5. The summed E-state index contributed by atoms with van der Waals surface area (Å²) in [5, 5.41) is 2.60. The van der Waals surface area contributed by atoms with Gasteiger partial charge in [0.05, 0.1) is 18.8 Å². The highest BCUT2D eigenvalue weighted by Gasteiger charge is 2.34. The zero-order chi connectivity index (χ0) is 16.0. The third-order valence-corrected chi connectivity index (χ3v) is 2.73. The largest absolute Gasteiger partial charge is 0.467 e. The second-order valence-corrected chi connectivity index (χ2v) is 5.61. The number of amides is 1. The maximum absolute atomic E-state index is 12.0. The molecule has 0 radical (unpaired) electrons. The van der Waals surface area contributed by atoms with Gasteiger partial charge in [0, 0.05) is 5.69 Å². The molecule has 0 saturated heterocycles. The smallest absolute Gasteiger partial charge is 0.337 e. The zero-order valence-electron chi connectivity index (χ0n) is 12.8. The van der Waals surface area contributed by atoms with Crippen molar-refractivity contribution in [3.63, 3.8) is 0 Å². The van der Waals surface area contributed by atoms with Crippen LogP contribution < -0.4 is 11.1 Å². The molecule has 1 aromatic carbocycles. The highest BCUT2D eigenvalue weighted by Crippen LogP contribution is 2.25. The molecule has 2 unspecified atom stereocenters. The van der Waals surface area contributed by atoms with Crippen molar-refractivity contribution in [2.75, 3.05) is 12.8 Å². The number of hydrogen-bond acceptors (Lipinski definition) is 5. The molecule has 3 N–H and O–H groups in total. The molecule has 1 rings (SSSR count). The molecule has 0 aromatic heterocycles. The van der Waals surface area contributed by atoms with Crippen LogP contribution in [0.2, 0.25) is 0 Å². The molecule has 1 aromatic rings. The number of methoxy groups -OCH3 is 1. The highest BCUT2D eigenvalue weighted by atomic mass is 16.6. The number of nitrogens with one attached hydrogen (secondary N) is 1. The molecule has 6 heteroatoms. The molecule has 0 aliphatic rings. The lowest BCUT2D eigenvalue weighted by Gasteiger charge is -2.31. The lowest BCUT2D eigenvalue weighted by molar-refractivity contribution is -0.167. The van der Waals surface area contributed by atoms with Gasteiger partial charge in [-0.3, -0.25) is 4.79 Å². The first kappa shape index (κ1) is 17.0. The van der Waals surface area contributed by atoms with Gasteiger partial charge in [0.15, 0.2) is 6.10 Å². The van der Waals surface area contributed by atoms with E-state index in [1.165, 1.54) is 7.11 Å². The molecule has 116 valence electrons. The van der Waals surface area contributed by atoms with E-state index in [0.29, 0.717) is 17.7 Å². The molecule has 0 fully saturated rings. The lowest BCUT2D eigenvalue weighted by Crippen LogP contribution is -2.43. The average Bonchev–Trinajstić information content (AvgIpc) is 2.40. The number of anilines is 1.